The number of aliphatic imine (C=N–C) groups is 2. The Balaban J connectivity index is 2.13. The summed E-state index contributed by atoms with van der Waals surface area (Å²) in [6, 6.07) is 0.311. The number of ether oxygens (including phenoxy) is 1. The molecule has 120 valence electrons. The molecule has 1 rings (SSSR count). The van der Waals surface area contributed by atoms with Crippen LogP contribution in [0.5, 0.6) is 0 Å². The van der Waals surface area contributed by atoms with Crippen LogP contribution in [0.2, 0.25) is 0 Å². The van der Waals surface area contributed by atoms with Crippen molar-refractivity contribution in [2.75, 3.05) is 45.9 Å². The van der Waals surface area contributed by atoms with Crippen LogP contribution in [0, 0.1) is 0 Å². The van der Waals surface area contributed by atoms with E-state index in [-0.39, 0.29) is 0 Å². The fourth-order valence-corrected chi connectivity index (χ4v) is 2.12. The zero-order valence-corrected chi connectivity index (χ0v) is 13.2. The smallest absolute Gasteiger partial charge is 0.217 e. The van der Waals surface area contributed by atoms with E-state index in [1.165, 1.54) is 0 Å². The number of rotatable bonds is 9. The van der Waals surface area contributed by atoms with Gasteiger partial charge in [0, 0.05) is 45.9 Å². The second-order valence-electron chi connectivity index (χ2n) is 4.94. The van der Waals surface area contributed by atoms with Gasteiger partial charge in [-0.1, -0.05) is 6.58 Å². The molecule has 6 heteroatoms. The van der Waals surface area contributed by atoms with Gasteiger partial charge in [0.1, 0.15) is 0 Å². The van der Waals surface area contributed by atoms with E-state index in [0.29, 0.717) is 12.0 Å². The molecular weight excluding hydrogens is 266 g/mol. The molecule has 0 atom stereocenters. The second-order valence-corrected chi connectivity index (χ2v) is 4.94. The third-order valence-corrected chi connectivity index (χ3v) is 3.47. The first kappa shape index (κ1) is 17.7. The number of hydrogen-bond acceptors (Lipinski definition) is 4. The Kier molecular flexibility index (Phi) is 9.48. The number of likely N-dealkylation sites (N-methyl/N-ethyl adjacent to an activating group) is 1. The molecule has 1 saturated heterocycles. The minimum Gasteiger partial charge on any atom is -0.381 e. The van der Waals surface area contributed by atoms with Crippen LogP contribution >= 0.6 is 0 Å². The maximum absolute atomic E-state index is 5.32. The fourth-order valence-electron chi connectivity index (χ4n) is 2.12. The molecule has 0 saturated carbocycles. The molecule has 6 nitrogen and oxygen atoms in total. The molecule has 0 aromatic heterocycles. The predicted molar refractivity (Wildman–Crippen MR) is 89.1 cm³/mol. The van der Waals surface area contributed by atoms with Gasteiger partial charge in [-0.3, -0.25) is 0 Å². The van der Waals surface area contributed by atoms with Crippen molar-refractivity contribution in [2.24, 2.45) is 9.98 Å². The third kappa shape index (κ3) is 7.82. The minimum atomic E-state index is 0.311. The molecule has 0 aliphatic carbocycles. The topological polar surface area (TPSA) is 61.2 Å². The van der Waals surface area contributed by atoms with Crippen LogP contribution in [-0.4, -0.2) is 69.6 Å². The second kappa shape index (κ2) is 11.3. The van der Waals surface area contributed by atoms with E-state index in [1.807, 2.05) is 6.20 Å². The SMILES string of the molecule is C=CN(CC)CCNCCNC(N=C)=NC1CCOCC1. The van der Waals surface area contributed by atoms with Crippen molar-refractivity contribution in [2.45, 2.75) is 25.8 Å². The van der Waals surface area contributed by atoms with Crippen LogP contribution < -0.4 is 10.6 Å². The van der Waals surface area contributed by atoms with Gasteiger partial charge in [0.05, 0.1) is 6.04 Å². The van der Waals surface area contributed by atoms with E-state index in [4.69, 9.17) is 4.74 Å². The summed E-state index contributed by atoms with van der Waals surface area (Å²) in [4.78, 5) is 10.7. The molecule has 1 aliphatic heterocycles. The normalized spacial score (nSPS) is 16.5. The molecular formula is C15H29N5O. The molecule has 0 amide bonds. The zero-order chi connectivity index (χ0) is 15.3. The molecule has 0 aromatic rings. The fraction of sp³-hybridized carbons (Fsp3) is 0.733. The summed E-state index contributed by atoms with van der Waals surface area (Å²) in [6.07, 6.45) is 3.81. The van der Waals surface area contributed by atoms with E-state index in [0.717, 1.165) is 58.8 Å². The highest BCUT2D eigenvalue weighted by molar-refractivity contribution is 5.84. The zero-order valence-electron chi connectivity index (χ0n) is 13.2. The van der Waals surface area contributed by atoms with Gasteiger partial charge >= 0.3 is 0 Å². The van der Waals surface area contributed by atoms with Crippen LogP contribution in [0.15, 0.2) is 22.8 Å². The maximum atomic E-state index is 5.32. The van der Waals surface area contributed by atoms with Crippen molar-refractivity contribution in [3.63, 3.8) is 0 Å². The van der Waals surface area contributed by atoms with Crippen LogP contribution in [0.3, 0.4) is 0 Å². The Labute approximate surface area is 128 Å². The summed E-state index contributed by atoms with van der Waals surface area (Å²) >= 11 is 0. The number of guanidine groups is 1. The Morgan fingerprint density at radius 3 is 2.71 bits per heavy atom. The van der Waals surface area contributed by atoms with Crippen molar-refractivity contribution in [1.29, 1.82) is 0 Å². The molecule has 1 fully saturated rings. The van der Waals surface area contributed by atoms with Crippen LogP contribution in [0.4, 0.5) is 0 Å². The molecule has 21 heavy (non-hydrogen) atoms. The molecule has 0 radical (unpaired) electrons. The number of nitrogens with zero attached hydrogens (tertiary/aromatic N) is 3. The Morgan fingerprint density at radius 1 is 1.33 bits per heavy atom. The summed E-state index contributed by atoms with van der Waals surface area (Å²) in [7, 11) is 0. The Bertz CT molecular complexity index is 326. The summed E-state index contributed by atoms with van der Waals surface area (Å²) in [5.41, 5.74) is 0. The first-order valence-corrected chi connectivity index (χ1v) is 7.73. The van der Waals surface area contributed by atoms with Gasteiger partial charge in [0.2, 0.25) is 5.96 Å². The van der Waals surface area contributed by atoms with Crippen molar-refractivity contribution in [3.05, 3.63) is 12.8 Å². The van der Waals surface area contributed by atoms with Gasteiger partial charge in [0.15, 0.2) is 0 Å². The predicted octanol–water partition coefficient (Wildman–Crippen LogP) is 0.867. The summed E-state index contributed by atoms with van der Waals surface area (Å²) in [6.45, 7) is 15.6. The van der Waals surface area contributed by atoms with E-state index >= 15 is 0 Å². The van der Waals surface area contributed by atoms with Crippen LogP contribution in [0.25, 0.3) is 0 Å². The van der Waals surface area contributed by atoms with E-state index in [2.05, 4.69) is 45.7 Å². The lowest BCUT2D eigenvalue weighted by Gasteiger charge is -2.19. The van der Waals surface area contributed by atoms with Gasteiger partial charge in [-0.15, -0.1) is 0 Å². The maximum Gasteiger partial charge on any atom is 0.217 e. The van der Waals surface area contributed by atoms with E-state index in [9.17, 15) is 0 Å². The lowest BCUT2D eigenvalue weighted by atomic mass is 10.1. The van der Waals surface area contributed by atoms with Crippen LogP contribution in [-0.2, 0) is 4.74 Å². The Hall–Kier alpha value is -1.40. The van der Waals surface area contributed by atoms with Crippen molar-refractivity contribution < 1.29 is 4.74 Å². The quantitative estimate of drug-likeness (QED) is 0.376. The minimum absolute atomic E-state index is 0.311. The average Bonchev–Trinajstić information content (AvgIpc) is 2.54. The lowest BCUT2D eigenvalue weighted by Crippen LogP contribution is -2.35. The summed E-state index contributed by atoms with van der Waals surface area (Å²) in [5.74, 6) is 0.643. The van der Waals surface area contributed by atoms with Crippen LogP contribution in [0.1, 0.15) is 19.8 Å². The summed E-state index contributed by atoms with van der Waals surface area (Å²) < 4.78 is 5.32. The van der Waals surface area contributed by atoms with E-state index in [1.54, 1.807) is 0 Å². The van der Waals surface area contributed by atoms with E-state index < -0.39 is 0 Å². The van der Waals surface area contributed by atoms with Gasteiger partial charge in [-0.05, 0) is 32.7 Å². The number of nitrogens with one attached hydrogen (secondary N) is 2. The van der Waals surface area contributed by atoms with Gasteiger partial charge < -0.3 is 20.3 Å². The molecule has 0 spiro atoms. The van der Waals surface area contributed by atoms with Gasteiger partial charge in [-0.2, -0.15) is 0 Å². The lowest BCUT2D eigenvalue weighted by molar-refractivity contribution is 0.0870. The third-order valence-electron chi connectivity index (χ3n) is 3.47. The molecule has 0 unspecified atom stereocenters. The molecule has 0 aromatic carbocycles. The van der Waals surface area contributed by atoms with Gasteiger partial charge in [0.25, 0.3) is 0 Å². The monoisotopic (exact) mass is 295 g/mol. The van der Waals surface area contributed by atoms with Crippen molar-refractivity contribution in [3.8, 4) is 0 Å². The average molecular weight is 295 g/mol. The highest BCUT2D eigenvalue weighted by Gasteiger charge is 2.12. The standard InChI is InChI=1S/C15H29N5O/c1-4-20(5-2)11-10-17-8-9-18-15(16-3)19-14-6-12-21-13-7-14/h4,14,17H,1,3,5-13H2,2H3,(H,18,19). The highest BCUT2D eigenvalue weighted by atomic mass is 16.5. The van der Waals surface area contributed by atoms with Crippen molar-refractivity contribution in [1.82, 2.24) is 15.5 Å². The molecule has 0 bridgehead atoms. The first-order chi connectivity index (χ1) is 10.3. The molecule has 2 N–H and O–H groups in total. The number of hydrogen-bond donors (Lipinski definition) is 2. The van der Waals surface area contributed by atoms with Crippen molar-refractivity contribution >= 4 is 12.7 Å². The molecule has 1 heterocycles. The Morgan fingerprint density at radius 2 is 2.10 bits per heavy atom. The van der Waals surface area contributed by atoms with Gasteiger partial charge in [-0.25, -0.2) is 9.98 Å². The molecule has 1 aliphatic rings. The first-order valence-electron chi connectivity index (χ1n) is 7.73. The highest BCUT2D eigenvalue weighted by Crippen LogP contribution is 2.10. The summed E-state index contributed by atoms with van der Waals surface area (Å²) in [5, 5.41) is 6.60. The largest absolute Gasteiger partial charge is 0.381 e.